The first-order valence-electron chi connectivity index (χ1n) is 14.4. The van der Waals surface area contributed by atoms with Gasteiger partial charge in [-0.15, -0.1) is 0 Å². The Kier molecular flexibility index (Phi) is 9.89. The Hall–Kier alpha value is -5.33. The highest BCUT2D eigenvalue weighted by atomic mass is 16.7. The molecule has 1 aliphatic rings. The molecule has 12 nitrogen and oxygen atoms in total. The number of nitrogens with zero attached hydrogens (tertiary/aromatic N) is 1. The summed E-state index contributed by atoms with van der Waals surface area (Å²) in [6.07, 6.45) is -2.71. The first-order chi connectivity index (χ1) is 22.2. The lowest BCUT2D eigenvalue weighted by Gasteiger charge is -2.33. The van der Waals surface area contributed by atoms with Crippen molar-refractivity contribution in [3.05, 3.63) is 140 Å². The molecular formula is C34H32N2O10. The molecular weight excluding hydrogens is 596 g/mol. The number of esters is 3. The van der Waals surface area contributed by atoms with Crippen molar-refractivity contribution in [3.8, 4) is 0 Å². The lowest BCUT2D eigenvalue weighted by Crippen LogP contribution is -2.53. The smallest absolute Gasteiger partial charge is 0.338 e. The van der Waals surface area contributed by atoms with E-state index in [9.17, 15) is 24.0 Å². The molecule has 0 aliphatic carbocycles. The Morgan fingerprint density at radius 2 is 1.35 bits per heavy atom. The molecule has 238 valence electrons. The van der Waals surface area contributed by atoms with E-state index in [-0.39, 0.29) is 23.3 Å². The highest BCUT2D eigenvalue weighted by Gasteiger charge is 2.60. The molecule has 0 amide bonds. The number of aromatic amines is 1. The molecule has 4 aromatic rings. The molecule has 1 unspecified atom stereocenters. The number of benzene rings is 3. The van der Waals surface area contributed by atoms with Gasteiger partial charge in [0.1, 0.15) is 19.3 Å². The number of H-pyrrole nitrogens is 1. The Balaban J connectivity index is 1.59. The van der Waals surface area contributed by atoms with Crippen LogP contribution >= 0.6 is 0 Å². The van der Waals surface area contributed by atoms with Gasteiger partial charge in [-0.25, -0.2) is 14.4 Å². The van der Waals surface area contributed by atoms with Gasteiger partial charge in [-0.05, 0) is 36.8 Å². The average molecular weight is 629 g/mol. The lowest BCUT2D eigenvalue weighted by molar-refractivity contribution is -0.167. The minimum absolute atomic E-state index is 0.0140. The summed E-state index contributed by atoms with van der Waals surface area (Å²) < 4.78 is 31.1. The Labute approximate surface area is 263 Å². The summed E-state index contributed by atoms with van der Waals surface area (Å²) in [7, 11) is 0. The largest absolute Gasteiger partial charge is 0.459 e. The average Bonchev–Trinajstić information content (AvgIpc) is 3.36. The normalized spacial score (nSPS) is 18.4. The quantitative estimate of drug-likeness (QED) is 0.193. The van der Waals surface area contributed by atoms with Crippen LogP contribution in [-0.2, 0) is 35.1 Å². The summed E-state index contributed by atoms with van der Waals surface area (Å²) >= 11 is 0. The minimum atomic E-state index is -1.81. The van der Waals surface area contributed by atoms with Crippen molar-refractivity contribution in [1.82, 2.24) is 9.55 Å². The van der Waals surface area contributed by atoms with Crippen molar-refractivity contribution >= 4 is 17.9 Å². The summed E-state index contributed by atoms with van der Waals surface area (Å²) in [5, 5.41) is 0. The number of aryl methyl sites for hydroxylation is 1. The predicted octanol–water partition coefficient (Wildman–Crippen LogP) is 3.34. The van der Waals surface area contributed by atoms with E-state index < -0.39 is 66.4 Å². The van der Waals surface area contributed by atoms with E-state index in [0.717, 1.165) is 10.1 Å². The van der Waals surface area contributed by atoms with Gasteiger partial charge in [0.15, 0.2) is 17.9 Å². The second-order valence-corrected chi connectivity index (χ2v) is 10.7. The maximum Gasteiger partial charge on any atom is 0.338 e. The van der Waals surface area contributed by atoms with Gasteiger partial charge in [0, 0.05) is 18.7 Å². The van der Waals surface area contributed by atoms with Crippen LogP contribution in [0, 0.1) is 6.92 Å². The van der Waals surface area contributed by atoms with Crippen LogP contribution in [0.1, 0.15) is 45.0 Å². The maximum atomic E-state index is 13.1. The fourth-order valence-electron chi connectivity index (χ4n) is 5.10. The van der Waals surface area contributed by atoms with Crippen molar-refractivity contribution in [1.29, 1.82) is 0 Å². The fourth-order valence-corrected chi connectivity index (χ4v) is 5.10. The van der Waals surface area contributed by atoms with Gasteiger partial charge in [0.2, 0.25) is 0 Å². The van der Waals surface area contributed by atoms with Crippen LogP contribution in [-0.4, -0.2) is 58.5 Å². The van der Waals surface area contributed by atoms with Gasteiger partial charge in [0.05, 0.1) is 17.7 Å². The fraction of sp³-hybridized carbons (Fsp3) is 0.265. The van der Waals surface area contributed by atoms with E-state index >= 15 is 0 Å². The molecule has 1 fully saturated rings. The maximum absolute atomic E-state index is 13.1. The predicted molar refractivity (Wildman–Crippen MR) is 163 cm³/mol. The molecule has 5 rings (SSSR count). The number of ether oxygens (including phenoxy) is 5. The number of carbonyl (C=O) groups excluding carboxylic acids is 3. The van der Waals surface area contributed by atoms with Crippen molar-refractivity contribution < 1.29 is 38.1 Å². The van der Waals surface area contributed by atoms with Crippen molar-refractivity contribution in [2.45, 2.75) is 44.5 Å². The summed E-state index contributed by atoms with van der Waals surface area (Å²) in [5.41, 5.74) is -1.84. The number of rotatable bonds is 11. The topological polar surface area (TPSA) is 152 Å². The van der Waals surface area contributed by atoms with E-state index in [1.165, 1.54) is 20.0 Å². The van der Waals surface area contributed by atoms with Gasteiger partial charge in [-0.3, -0.25) is 19.1 Å². The van der Waals surface area contributed by atoms with Gasteiger partial charge in [-0.2, -0.15) is 0 Å². The zero-order valence-corrected chi connectivity index (χ0v) is 25.1. The highest BCUT2D eigenvalue weighted by molar-refractivity contribution is 5.90. The number of hydrogen-bond donors (Lipinski definition) is 1. The van der Waals surface area contributed by atoms with Crippen LogP contribution < -0.4 is 11.2 Å². The third-order valence-electron chi connectivity index (χ3n) is 7.36. The molecule has 3 atom stereocenters. The summed E-state index contributed by atoms with van der Waals surface area (Å²) in [5.74, 6) is -2.13. The Morgan fingerprint density at radius 3 is 1.87 bits per heavy atom. The monoisotopic (exact) mass is 628 g/mol. The molecule has 1 aromatic heterocycles. The van der Waals surface area contributed by atoms with Crippen LogP contribution in [0.15, 0.2) is 107 Å². The number of nitrogens with one attached hydrogen (secondary N) is 1. The zero-order valence-electron chi connectivity index (χ0n) is 25.1. The third-order valence-corrected chi connectivity index (χ3v) is 7.36. The summed E-state index contributed by atoms with van der Waals surface area (Å²) in [4.78, 5) is 66.2. The van der Waals surface area contributed by atoms with Crippen LogP contribution in [0.5, 0.6) is 0 Å². The Bertz CT molecular complexity index is 1730. The second kappa shape index (κ2) is 14.2. The molecule has 0 saturated carbocycles. The first-order valence-corrected chi connectivity index (χ1v) is 14.4. The van der Waals surface area contributed by atoms with Crippen molar-refractivity contribution in [3.63, 3.8) is 0 Å². The van der Waals surface area contributed by atoms with E-state index in [1.54, 1.807) is 60.7 Å². The molecule has 12 heteroatoms. The molecule has 1 N–H and O–H groups in total. The van der Waals surface area contributed by atoms with Gasteiger partial charge >= 0.3 is 23.6 Å². The molecule has 0 radical (unpaired) electrons. The van der Waals surface area contributed by atoms with Crippen LogP contribution in [0.4, 0.5) is 0 Å². The number of aromatic nitrogens is 2. The number of carbonyl (C=O) groups is 3. The van der Waals surface area contributed by atoms with E-state index in [0.29, 0.717) is 0 Å². The molecule has 0 bridgehead atoms. The van der Waals surface area contributed by atoms with Gasteiger partial charge in [0.25, 0.3) is 5.56 Å². The molecule has 46 heavy (non-hydrogen) atoms. The molecule has 2 heterocycles. The minimum Gasteiger partial charge on any atom is -0.459 e. The van der Waals surface area contributed by atoms with Crippen LogP contribution in [0.3, 0.4) is 0 Å². The van der Waals surface area contributed by atoms with Gasteiger partial charge in [-0.1, -0.05) is 66.7 Å². The molecule has 0 spiro atoms. The first kappa shape index (κ1) is 32.1. The van der Waals surface area contributed by atoms with Crippen molar-refractivity contribution in [2.24, 2.45) is 0 Å². The van der Waals surface area contributed by atoms with E-state index in [2.05, 4.69) is 4.98 Å². The SMILES string of the molecule is CC(=O)O[C@H]1C(n2cc(C)c(=O)[nH]c2=O)OC(COC(=O)c2ccccc2)(COC(=O)c2ccccc2)[C@@H]1OCc1ccccc1. The standard InChI is InChI=1S/C34H32N2O10/c1-22-18-36(33(41)35-29(22)38)30-27(45-23(2)37)28(42-19-24-12-6-3-7-13-24)34(46-30,20-43-31(39)25-14-8-4-9-15-25)21-44-32(40)26-16-10-5-11-17-26/h3-18,27-28,30H,19-21H2,1-2H3,(H,35,38,41)/t27-,28-,30?/m1/s1. The van der Waals surface area contributed by atoms with Crippen LogP contribution in [0.2, 0.25) is 0 Å². The summed E-state index contributed by atoms with van der Waals surface area (Å²) in [6, 6.07) is 25.5. The highest BCUT2D eigenvalue weighted by Crippen LogP contribution is 2.42. The van der Waals surface area contributed by atoms with Crippen molar-refractivity contribution in [2.75, 3.05) is 13.2 Å². The third kappa shape index (κ3) is 7.31. The molecule has 3 aromatic carbocycles. The lowest BCUT2D eigenvalue weighted by atomic mass is 9.96. The van der Waals surface area contributed by atoms with E-state index in [1.807, 2.05) is 30.3 Å². The van der Waals surface area contributed by atoms with Gasteiger partial charge < -0.3 is 23.7 Å². The molecule has 1 saturated heterocycles. The van der Waals surface area contributed by atoms with E-state index in [4.69, 9.17) is 23.7 Å². The Morgan fingerprint density at radius 1 is 0.826 bits per heavy atom. The second-order valence-electron chi connectivity index (χ2n) is 10.7. The number of hydrogen-bond acceptors (Lipinski definition) is 10. The van der Waals surface area contributed by atoms with Crippen LogP contribution in [0.25, 0.3) is 0 Å². The summed E-state index contributed by atoms with van der Waals surface area (Å²) in [6.45, 7) is 1.59. The zero-order chi connectivity index (χ0) is 32.7. The molecule has 1 aliphatic heterocycles.